The SMILES string of the molecule is CN(C)c1cccc(NC2CCC(C(F)(F)F)CC2)c1. The zero-order valence-corrected chi connectivity index (χ0v) is 11.9. The lowest BCUT2D eigenvalue weighted by atomic mass is 9.85. The summed E-state index contributed by atoms with van der Waals surface area (Å²) in [6.45, 7) is 0. The largest absolute Gasteiger partial charge is 0.391 e. The number of nitrogens with one attached hydrogen (secondary N) is 1. The second-order valence-electron chi connectivity index (χ2n) is 5.68. The van der Waals surface area contributed by atoms with Gasteiger partial charge >= 0.3 is 6.18 Å². The summed E-state index contributed by atoms with van der Waals surface area (Å²) in [6, 6.07) is 8.09. The smallest absolute Gasteiger partial charge is 0.382 e. The molecule has 0 atom stereocenters. The molecule has 1 saturated carbocycles. The van der Waals surface area contributed by atoms with Crippen LogP contribution in [-0.4, -0.2) is 26.3 Å². The van der Waals surface area contributed by atoms with E-state index in [9.17, 15) is 13.2 Å². The third-order valence-corrected chi connectivity index (χ3v) is 3.92. The molecule has 0 saturated heterocycles. The highest BCUT2D eigenvalue weighted by molar-refractivity contribution is 5.57. The molecule has 1 aromatic carbocycles. The van der Waals surface area contributed by atoms with Gasteiger partial charge in [0.1, 0.15) is 0 Å². The lowest BCUT2D eigenvalue weighted by molar-refractivity contribution is -0.182. The predicted molar refractivity (Wildman–Crippen MR) is 76.2 cm³/mol. The van der Waals surface area contributed by atoms with Crippen molar-refractivity contribution in [3.63, 3.8) is 0 Å². The standard InChI is InChI=1S/C15H21F3N2/c1-20(2)14-5-3-4-13(10-14)19-12-8-6-11(7-9-12)15(16,17)18/h3-5,10-12,19H,6-9H2,1-2H3. The molecule has 1 fully saturated rings. The Kier molecular flexibility index (Phi) is 4.45. The van der Waals surface area contributed by atoms with Crippen LogP contribution in [0.2, 0.25) is 0 Å². The van der Waals surface area contributed by atoms with Gasteiger partial charge < -0.3 is 10.2 Å². The zero-order chi connectivity index (χ0) is 14.8. The quantitative estimate of drug-likeness (QED) is 0.892. The molecule has 0 heterocycles. The minimum Gasteiger partial charge on any atom is -0.382 e. The Morgan fingerprint density at radius 2 is 1.75 bits per heavy atom. The minimum absolute atomic E-state index is 0.144. The molecule has 5 heteroatoms. The maximum atomic E-state index is 12.6. The lowest BCUT2D eigenvalue weighted by Gasteiger charge is -2.31. The number of halogens is 3. The van der Waals surface area contributed by atoms with Crippen LogP contribution in [0.25, 0.3) is 0 Å². The molecule has 112 valence electrons. The summed E-state index contributed by atoms with van der Waals surface area (Å²) in [5, 5.41) is 3.35. The van der Waals surface area contributed by atoms with Crippen molar-refractivity contribution >= 4 is 11.4 Å². The van der Waals surface area contributed by atoms with Crippen molar-refractivity contribution in [2.45, 2.75) is 37.9 Å². The Bertz CT molecular complexity index is 435. The molecular weight excluding hydrogens is 265 g/mol. The van der Waals surface area contributed by atoms with Crippen molar-refractivity contribution in [2.75, 3.05) is 24.3 Å². The number of hydrogen-bond acceptors (Lipinski definition) is 2. The Morgan fingerprint density at radius 3 is 2.30 bits per heavy atom. The first-order valence-electron chi connectivity index (χ1n) is 6.97. The fourth-order valence-corrected chi connectivity index (χ4v) is 2.67. The molecule has 0 aliphatic heterocycles. The fourth-order valence-electron chi connectivity index (χ4n) is 2.67. The van der Waals surface area contributed by atoms with Gasteiger partial charge in [0.2, 0.25) is 0 Å². The summed E-state index contributed by atoms with van der Waals surface area (Å²) >= 11 is 0. The Balaban J connectivity index is 1.91. The van der Waals surface area contributed by atoms with Crippen molar-refractivity contribution in [1.29, 1.82) is 0 Å². The average molecular weight is 286 g/mol. The molecule has 2 rings (SSSR count). The number of anilines is 2. The molecule has 0 spiro atoms. The molecule has 2 nitrogen and oxygen atoms in total. The van der Waals surface area contributed by atoms with Crippen LogP contribution >= 0.6 is 0 Å². The van der Waals surface area contributed by atoms with Crippen LogP contribution in [0, 0.1) is 5.92 Å². The summed E-state index contributed by atoms with van der Waals surface area (Å²) in [6.07, 6.45) is -2.41. The first-order chi connectivity index (χ1) is 9.36. The van der Waals surface area contributed by atoms with E-state index >= 15 is 0 Å². The van der Waals surface area contributed by atoms with Crippen molar-refractivity contribution in [1.82, 2.24) is 0 Å². The molecule has 1 aliphatic rings. The third-order valence-electron chi connectivity index (χ3n) is 3.92. The van der Waals surface area contributed by atoms with Crippen molar-refractivity contribution in [3.8, 4) is 0 Å². The summed E-state index contributed by atoms with van der Waals surface area (Å²) in [5.41, 5.74) is 2.06. The van der Waals surface area contributed by atoms with E-state index in [2.05, 4.69) is 5.32 Å². The lowest BCUT2D eigenvalue weighted by Crippen LogP contribution is -2.32. The van der Waals surface area contributed by atoms with Gasteiger partial charge in [0.05, 0.1) is 5.92 Å². The predicted octanol–water partition coefficient (Wildman–Crippen LogP) is 4.29. The van der Waals surface area contributed by atoms with E-state index in [4.69, 9.17) is 0 Å². The van der Waals surface area contributed by atoms with Gasteiger partial charge in [-0.1, -0.05) is 6.07 Å². The van der Waals surface area contributed by atoms with Crippen molar-refractivity contribution in [3.05, 3.63) is 24.3 Å². The Morgan fingerprint density at radius 1 is 1.10 bits per heavy atom. The highest BCUT2D eigenvalue weighted by Gasteiger charge is 2.41. The van der Waals surface area contributed by atoms with Gasteiger partial charge in [-0.05, 0) is 43.9 Å². The second kappa shape index (κ2) is 5.94. The second-order valence-corrected chi connectivity index (χ2v) is 5.68. The third kappa shape index (κ3) is 3.81. The van der Waals surface area contributed by atoms with Gasteiger partial charge in [-0.25, -0.2) is 0 Å². The van der Waals surface area contributed by atoms with Crippen LogP contribution in [0.3, 0.4) is 0 Å². The molecule has 0 bridgehead atoms. The average Bonchev–Trinajstić information content (AvgIpc) is 2.38. The molecule has 0 aromatic heterocycles. The summed E-state index contributed by atoms with van der Waals surface area (Å²) in [7, 11) is 3.93. The normalized spacial score (nSPS) is 23.4. The van der Waals surface area contributed by atoms with Crippen LogP contribution in [0.1, 0.15) is 25.7 Å². The fraction of sp³-hybridized carbons (Fsp3) is 0.600. The zero-order valence-electron chi connectivity index (χ0n) is 11.9. The highest BCUT2D eigenvalue weighted by atomic mass is 19.4. The van der Waals surface area contributed by atoms with Gasteiger partial charge in [-0.2, -0.15) is 13.2 Å². The molecule has 0 radical (unpaired) electrons. The number of rotatable bonds is 3. The number of alkyl halides is 3. The first kappa shape index (κ1) is 15.0. The summed E-state index contributed by atoms with van der Waals surface area (Å²) < 4.78 is 37.8. The maximum Gasteiger partial charge on any atom is 0.391 e. The Labute approximate surface area is 118 Å². The molecule has 0 unspecified atom stereocenters. The van der Waals surface area contributed by atoms with Crippen LogP contribution < -0.4 is 10.2 Å². The summed E-state index contributed by atoms with van der Waals surface area (Å²) in [5.74, 6) is -1.12. The van der Waals surface area contributed by atoms with Crippen molar-refractivity contribution in [2.24, 2.45) is 5.92 Å². The van der Waals surface area contributed by atoms with E-state index in [1.54, 1.807) is 0 Å². The number of benzene rings is 1. The number of hydrogen-bond donors (Lipinski definition) is 1. The molecular formula is C15H21F3N2. The van der Waals surface area contributed by atoms with Gasteiger partial charge in [-0.3, -0.25) is 0 Å². The first-order valence-corrected chi connectivity index (χ1v) is 6.97. The Hall–Kier alpha value is -1.39. The van der Waals surface area contributed by atoms with E-state index in [1.165, 1.54) is 0 Å². The highest BCUT2D eigenvalue weighted by Crippen LogP contribution is 2.38. The van der Waals surface area contributed by atoms with E-state index in [0.717, 1.165) is 11.4 Å². The van der Waals surface area contributed by atoms with Crippen LogP contribution in [-0.2, 0) is 0 Å². The number of nitrogens with zero attached hydrogens (tertiary/aromatic N) is 1. The van der Waals surface area contributed by atoms with Gasteiger partial charge in [0.15, 0.2) is 0 Å². The molecule has 0 amide bonds. The van der Waals surface area contributed by atoms with E-state index in [1.807, 2.05) is 43.3 Å². The molecule has 1 aliphatic carbocycles. The van der Waals surface area contributed by atoms with E-state index < -0.39 is 12.1 Å². The van der Waals surface area contributed by atoms with Gasteiger partial charge in [0.25, 0.3) is 0 Å². The summed E-state index contributed by atoms with van der Waals surface area (Å²) in [4.78, 5) is 2.01. The van der Waals surface area contributed by atoms with Gasteiger partial charge in [-0.15, -0.1) is 0 Å². The minimum atomic E-state index is -4.03. The van der Waals surface area contributed by atoms with Crippen LogP contribution in [0.5, 0.6) is 0 Å². The topological polar surface area (TPSA) is 15.3 Å². The van der Waals surface area contributed by atoms with E-state index in [0.29, 0.717) is 12.8 Å². The molecule has 1 N–H and O–H groups in total. The monoisotopic (exact) mass is 286 g/mol. The molecule has 20 heavy (non-hydrogen) atoms. The molecule has 1 aromatic rings. The van der Waals surface area contributed by atoms with Crippen molar-refractivity contribution < 1.29 is 13.2 Å². The van der Waals surface area contributed by atoms with E-state index in [-0.39, 0.29) is 18.9 Å². The maximum absolute atomic E-state index is 12.6. The van der Waals surface area contributed by atoms with Crippen LogP contribution in [0.4, 0.5) is 24.5 Å². The van der Waals surface area contributed by atoms with Crippen LogP contribution in [0.15, 0.2) is 24.3 Å². The van der Waals surface area contributed by atoms with Gasteiger partial charge in [0, 0.05) is 31.5 Å².